The largest absolute Gasteiger partial charge is 0.399 e. The zero-order valence-electron chi connectivity index (χ0n) is 83.0. The number of nitrogens with one attached hydrogen (secondary N) is 6. The van der Waals surface area contributed by atoms with Crippen LogP contribution in [0.2, 0.25) is 0 Å². The number of likely N-dealkylation sites (N-methyl/N-ethyl adjacent to an activating group) is 1. The predicted octanol–water partition coefficient (Wildman–Crippen LogP) is 5.23. The van der Waals surface area contributed by atoms with Crippen molar-refractivity contribution in [1.82, 2.24) is 37.3 Å². The predicted molar refractivity (Wildman–Crippen MR) is 579 cm³/mol. The van der Waals surface area contributed by atoms with Crippen LogP contribution in [0.25, 0.3) is 0 Å². The van der Waals surface area contributed by atoms with Crippen LogP contribution in [0.5, 0.6) is 0 Å². The molecule has 0 spiro atoms. The minimum atomic E-state index is -3.74. The zero-order chi connectivity index (χ0) is 107. The number of anilines is 17. The Morgan fingerprint density at radius 2 is 0.727 bits per heavy atom. The number of piperazine rings is 1. The van der Waals surface area contributed by atoms with E-state index in [9.17, 15) is 67.3 Å². The number of unbranched alkanes of at least 4 members (excludes halogenated alkanes) is 3. The summed E-state index contributed by atoms with van der Waals surface area (Å²) in [6.45, 7) is 12.6. The summed E-state index contributed by atoms with van der Waals surface area (Å²) in [7, 11) is -11.0. The van der Waals surface area contributed by atoms with Gasteiger partial charge in [-0.3, -0.25) is 4.72 Å². The minimum Gasteiger partial charge on any atom is -0.399 e. The van der Waals surface area contributed by atoms with Gasteiger partial charge in [0.25, 0.3) is 10.0 Å². The molecule has 3 heterocycles. The van der Waals surface area contributed by atoms with Gasteiger partial charge in [0.2, 0.25) is 70.2 Å². The summed E-state index contributed by atoms with van der Waals surface area (Å²) in [6, 6.07) is 44.7. The van der Waals surface area contributed by atoms with Crippen molar-refractivity contribution in [3.63, 3.8) is 0 Å². The molecule has 3 saturated heterocycles. The van der Waals surface area contributed by atoms with Gasteiger partial charge in [0, 0.05) is 180 Å². The second-order valence-corrected chi connectivity index (χ2v) is 48.3. The molecule has 0 saturated carbocycles. The molecule has 3 fully saturated rings. The van der Waals surface area contributed by atoms with Gasteiger partial charge in [-0.15, -0.1) is 0 Å². The highest BCUT2D eigenvalue weighted by molar-refractivity contribution is 7.93. The van der Waals surface area contributed by atoms with Gasteiger partial charge in [-0.25, -0.2) is 95.7 Å². The van der Waals surface area contributed by atoms with E-state index in [1.54, 1.807) is 115 Å². The molecular formula is C91H146N26O18S8. The van der Waals surface area contributed by atoms with Crippen molar-refractivity contribution in [3.8, 4) is 0 Å². The molecule has 12 rings (SSSR count). The van der Waals surface area contributed by atoms with Gasteiger partial charge in [-0.1, -0.05) is 31.0 Å². The Kier molecular flexibility index (Phi) is 48.1. The molecule has 0 radical (unpaired) electrons. The van der Waals surface area contributed by atoms with Gasteiger partial charge in [-0.05, 0) is 257 Å². The van der Waals surface area contributed by atoms with Gasteiger partial charge >= 0.3 is 0 Å². The Balaban J connectivity index is 0.000000288. The van der Waals surface area contributed by atoms with Crippen LogP contribution in [0.1, 0.15) is 76.7 Å². The van der Waals surface area contributed by atoms with Crippen LogP contribution in [-0.2, 0) is 80.2 Å². The molecule has 796 valence electrons. The van der Waals surface area contributed by atoms with Crippen LogP contribution >= 0.6 is 0 Å². The van der Waals surface area contributed by atoms with Gasteiger partial charge in [0.05, 0.1) is 51.2 Å². The monoisotopic (exact) mass is 2150 g/mol. The molecule has 3 aliphatic heterocycles. The Morgan fingerprint density at radius 3 is 1.16 bits per heavy atom. The van der Waals surface area contributed by atoms with E-state index in [0.717, 1.165) is 115 Å². The smallest absolute Gasteiger partial charge is 0.264 e. The summed E-state index contributed by atoms with van der Waals surface area (Å²) >= 11 is 0. The van der Waals surface area contributed by atoms with Gasteiger partial charge < -0.3 is 108 Å². The van der Waals surface area contributed by atoms with E-state index >= 15 is 0 Å². The summed E-state index contributed by atoms with van der Waals surface area (Å²) in [5, 5.41) is 25.4. The van der Waals surface area contributed by atoms with Crippen LogP contribution < -0.4 is 117 Å². The standard InChI is InChI=1S/C13H24N4O2S.C13H15N3O2S.C12H20N4O2S.C12H21N3O3S.C12H19N3O2S.C10H15N3O2S.C10H17N3O2S.C9H15N3O3S/c1-4-15-12-7-6-11(14)10-13(12)20(18,19)16-8-5-9-17(2)3;1-9-4-2-3-5-12(9)16-19(17,18)13-8-10(14)6-7-11(13)15;1-14-19(17,18)12-9-10(13)3-4-11(12)16-7-5-15(2)6-8-16;13-10-5-6-11(14)12(9-10)19(17,18)15-7-3-1-2-4-8-16;1-14(2)11-6-5-10(13)9-12(11)18(16,17)15-7-3-4-8-15;11-8-3-4-9(13-5-1-2-6-13)10(7-8)16(12,14)15;1-12(2)9-6-5-8(11)7-10(9)16(14,15)13(3)4;10-7-2-3-8(11)9(6-7)16(14,15)12-4-1-5-13/h6-7,10,15-16H,4-5,8-9,14H2,1-3H3;2-8,16H,14-15H2,1H3;3-4,9,14H,5-8,13H2,1-2H3;5-6,9,15-16H,1-4,7-8,13-14H2;5-6,9H,3-4,7-8,13H2,1-2H3;3-4,7H,1-2,5-6,11H2,(H2,12,14,15);5-7H,11H2,1-4H3;2-3,6,12-13H,1,4-5,10-11H2. The van der Waals surface area contributed by atoms with Crippen molar-refractivity contribution in [2.24, 2.45) is 5.14 Å². The van der Waals surface area contributed by atoms with Crippen molar-refractivity contribution in [3.05, 3.63) is 175 Å². The van der Waals surface area contributed by atoms with Crippen molar-refractivity contribution in [1.29, 1.82) is 0 Å². The van der Waals surface area contributed by atoms with E-state index < -0.39 is 80.2 Å². The van der Waals surface area contributed by atoms with Crippen LogP contribution in [-0.4, -0.2) is 265 Å². The molecule has 0 amide bonds. The quantitative estimate of drug-likeness (QED) is 0.0178. The molecule has 0 bridgehead atoms. The molecule has 9 aromatic carbocycles. The Hall–Kier alpha value is -11.3. The average molecular weight is 2150 g/mol. The highest BCUT2D eigenvalue weighted by Crippen LogP contribution is 2.35. The van der Waals surface area contributed by atoms with E-state index in [1.807, 2.05) is 64.0 Å². The van der Waals surface area contributed by atoms with Gasteiger partial charge in [0.1, 0.15) is 39.2 Å². The van der Waals surface area contributed by atoms with Crippen LogP contribution in [0.15, 0.2) is 209 Å². The number of rotatable bonds is 35. The average Bonchev–Trinajstić information content (AvgIpc) is 1.41. The van der Waals surface area contributed by atoms with Crippen LogP contribution in [0.3, 0.4) is 0 Å². The Labute approximate surface area is 845 Å². The molecule has 3 aliphatic rings. The lowest BCUT2D eigenvalue weighted by atomic mass is 10.2. The number of aryl methyl sites for hydroxylation is 1. The van der Waals surface area contributed by atoms with Crippen molar-refractivity contribution < 1.29 is 77.6 Å². The molecule has 44 nitrogen and oxygen atoms in total. The fourth-order valence-corrected chi connectivity index (χ4v) is 23.7. The van der Waals surface area contributed by atoms with E-state index in [2.05, 4.69) is 45.8 Å². The molecule has 0 unspecified atom stereocenters. The number of sulfonamides is 8. The van der Waals surface area contributed by atoms with Crippen LogP contribution in [0, 0.1) is 6.92 Å². The maximum Gasteiger partial charge on any atom is 0.264 e. The maximum atomic E-state index is 12.6. The number of hydrogen-bond donors (Lipinski definition) is 20. The fourth-order valence-electron chi connectivity index (χ4n) is 13.9. The third-order valence-electron chi connectivity index (χ3n) is 21.6. The summed E-state index contributed by atoms with van der Waals surface area (Å²) in [5.41, 5.74) is 70.2. The lowest BCUT2D eigenvalue weighted by Crippen LogP contribution is -2.45. The molecule has 0 atom stereocenters. The topological polar surface area (TPSA) is 724 Å². The van der Waals surface area contributed by atoms with Crippen LogP contribution in [0.4, 0.5) is 96.7 Å². The number of primary sulfonamides is 1. The van der Waals surface area contributed by atoms with Gasteiger partial charge in [-0.2, -0.15) is 4.31 Å². The molecule has 143 heavy (non-hydrogen) atoms. The highest BCUT2D eigenvalue weighted by Gasteiger charge is 2.32. The van der Waals surface area contributed by atoms with Gasteiger partial charge in [0.15, 0.2) is 0 Å². The van der Waals surface area contributed by atoms with Crippen molar-refractivity contribution in [2.75, 3.05) is 261 Å². The first-order valence-electron chi connectivity index (χ1n) is 45.3. The number of nitrogens with two attached hydrogens (primary N) is 12. The number of benzene rings is 9. The SMILES string of the molecule is CCNc1ccc(N)cc1S(=O)(=O)NCCCN(C)C.CN(C)c1ccc(N)cc1S(=O)(=O)N(C)C.CN(C)c1ccc(N)cc1S(=O)(=O)N1CCCC1.CNS(=O)(=O)c1cc(N)ccc1N1CCN(C)CC1.Cc1ccccc1NS(=O)(=O)c1cc(N)ccc1N.Nc1ccc(N)c(S(=O)(=O)NCCCCCCO)c1.Nc1ccc(N)c(S(=O)(=O)NCCCO)c1.Nc1ccc(N2CCCC2)c(S(N)(=O)=O)c1. The maximum absolute atomic E-state index is 12.6. The third-order valence-corrected chi connectivity index (χ3v) is 33.7. The number of aliphatic hydroxyl groups is 2. The van der Waals surface area contributed by atoms with E-state index in [4.69, 9.17) is 78.4 Å². The van der Waals surface area contributed by atoms with E-state index in [1.165, 1.54) is 96.5 Å². The fraction of sp³-hybridized carbons (Fsp3) is 0.407. The lowest BCUT2D eigenvalue weighted by Gasteiger charge is -2.35. The number of hydrogen-bond acceptors (Lipinski definition) is 36. The molecule has 52 heteroatoms. The number of aliphatic hydroxyl groups excluding tert-OH is 2. The molecule has 0 aliphatic carbocycles. The highest BCUT2D eigenvalue weighted by atomic mass is 32.2. The van der Waals surface area contributed by atoms with Crippen molar-refractivity contribution in [2.45, 2.75) is 117 Å². The molecule has 9 aromatic rings. The normalized spacial score (nSPS) is 13.7. The number of nitrogen functional groups attached to an aromatic ring is 11. The third kappa shape index (κ3) is 38.3. The molecule has 32 N–H and O–H groups in total. The molecule has 0 aromatic heterocycles. The number of para-hydroxylation sites is 1. The molecular weight excluding hydrogens is 2000 g/mol. The zero-order valence-corrected chi connectivity index (χ0v) is 89.6. The second-order valence-electron chi connectivity index (χ2n) is 34.0. The summed E-state index contributed by atoms with van der Waals surface area (Å²) in [5.74, 6) is 0. The first-order chi connectivity index (χ1) is 66.8. The first kappa shape index (κ1) is 122. The Morgan fingerprint density at radius 1 is 0.364 bits per heavy atom. The number of nitrogens with zero attached hydrogens (tertiary/aromatic N) is 8. The minimum absolute atomic E-state index is 0.0165. The summed E-state index contributed by atoms with van der Waals surface area (Å²) in [6.07, 6.45) is 8.34. The van der Waals surface area contributed by atoms with Crippen molar-refractivity contribution >= 4 is 177 Å². The Bertz CT molecular complexity index is 6620. The summed E-state index contributed by atoms with van der Waals surface area (Å²) in [4.78, 5) is 12.9. The first-order valence-corrected chi connectivity index (χ1v) is 57.2. The van der Waals surface area contributed by atoms with E-state index in [0.29, 0.717) is 118 Å². The lowest BCUT2D eigenvalue weighted by molar-refractivity contribution is 0.282. The second kappa shape index (κ2) is 56.3. The van der Waals surface area contributed by atoms with E-state index in [-0.39, 0.29) is 71.1 Å². The summed E-state index contributed by atoms with van der Waals surface area (Å²) < 4.78 is 208.